The van der Waals surface area contributed by atoms with Crippen LogP contribution in [0.2, 0.25) is 0 Å². The smallest absolute Gasteiger partial charge is 0.335 e. The van der Waals surface area contributed by atoms with E-state index < -0.39 is 5.97 Å². The Morgan fingerprint density at radius 1 is 0.960 bits per heavy atom. The summed E-state index contributed by atoms with van der Waals surface area (Å²) in [7, 11) is 0. The minimum absolute atomic E-state index is 0.100. The third-order valence-electron chi connectivity index (χ3n) is 3.76. The topological polar surface area (TPSA) is 89.9 Å². The molecule has 132 valence electrons. The van der Waals surface area contributed by atoms with Gasteiger partial charge < -0.3 is 20.4 Å². The molecule has 2 aromatic rings. The molecule has 25 heavy (non-hydrogen) atoms. The van der Waals surface area contributed by atoms with Crippen molar-refractivity contribution in [2.24, 2.45) is 0 Å². The van der Waals surface area contributed by atoms with Gasteiger partial charge in [-0.2, -0.15) is 0 Å². The molecule has 0 spiro atoms. The summed E-state index contributed by atoms with van der Waals surface area (Å²) in [4.78, 5) is 24.7. The van der Waals surface area contributed by atoms with E-state index in [1.54, 1.807) is 29.2 Å². The van der Waals surface area contributed by atoms with Gasteiger partial charge >= 0.3 is 12.0 Å². The second-order valence-corrected chi connectivity index (χ2v) is 5.61. The van der Waals surface area contributed by atoms with E-state index in [1.807, 2.05) is 30.3 Å². The van der Waals surface area contributed by atoms with Gasteiger partial charge in [0.1, 0.15) is 0 Å². The van der Waals surface area contributed by atoms with Gasteiger partial charge in [-0.05, 0) is 29.7 Å². The molecular weight excluding hydrogens is 320 g/mol. The Balaban J connectivity index is 1.84. The first-order valence-corrected chi connectivity index (χ1v) is 8.10. The first-order chi connectivity index (χ1) is 12.1. The van der Waals surface area contributed by atoms with Crippen molar-refractivity contribution < 1.29 is 19.8 Å². The van der Waals surface area contributed by atoms with E-state index in [-0.39, 0.29) is 24.7 Å². The molecule has 0 aliphatic carbocycles. The van der Waals surface area contributed by atoms with Crippen LogP contribution in [-0.2, 0) is 13.0 Å². The molecule has 0 bridgehead atoms. The Labute approximate surface area is 146 Å². The van der Waals surface area contributed by atoms with Crippen LogP contribution in [0.25, 0.3) is 0 Å². The van der Waals surface area contributed by atoms with Crippen LogP contribution in [0, 0.1) is 0 Å². The lowest BCUT2D eigenvalue weighted by Gasteiger charge is -2.22. The molecule has 0 aliphatic rings. The number of aromatic carboxylic acids is 1. The minimum Gasteiger partial charge on any atom is -0.478 e. The average molecular weight is 342 g/mol. The third kappa shape index (κ3) is 5.93. The number of carbonyl (C=O) groups excluding carboxylic acids is 1. The molecule has 0 atom stereocenters. The van der Waals surface area contributed by atoms with E-state index in [4.69, 9.17) is 10.2 Å². The van der Waals surface area contributed by atoms with Gasteiger partial charge in [-0.3, -0.25) is 0 Å². The maximum absolute atomic E-state index is 12.3. The van der Waals surface area contributed by atoms with E-state index >= 15 is 0 Å². The molecule has 0 saturated carbocycles. The highest BCUT2D eigenvalue weighted by molar-refractivity contribution is 5.87. The van der Waals surface area contributed by atoms with E-state index in [2.05, 4.69) is 5.32 Å². The third-order valence-corrected chi connectivity index (χ3v) is 3.76. The Morgan fingerprint density at radius 2 is 1.64 bits per heavy atom. The molecule has 0 aliphatic heterocycles. The normalized spacial score (nSPS) is 10.3. The predicted octanol–water partition coefficient (Wildman–Crippen LogP) is 2.13. The zero-order valence-electron chi connectivity index (χ0n) is 13.9. The highest BCUT2D eigenvalue weighted by Gasteiger charge is 2.12. The second-order valence-electron chi connectivity index (χ2n) is 5.61. The van der Waals surface area contributed by atoms with Crippen LogP contribution in [0.5, 0.6) is 0 Å². The highest BCUT2D eigenvalue weighted by atomic mass is 16.4. The summed E-state index contributed by atoms with van der Waals surface area (Å²) < 4.78 is 0. The number of benzene rings is 2. The molecule has 0 fully saturated rings. The van der Waals surface area contributed by atoms with Crippen LogP contribution in [0.3, 0.4) is 0 Å². The summed E-state index contributed by atoms with van der Waals surface area (Å²) in [5, 5.41) is 20.9. The molecule has 6 nitrogen and oxygen atoms in total. The number of aliphatic hydroxyl groups excluding tert-OH is 1. The predicted molar refractivity (Wildman–Crippen MR) is 94.4 cm³/mol. The summed E-state index contributed by atoms with van der Waals surface area (Å²) in [6, 6.07) is 15.9. The van der Waals surface area contributed by atoms with Crippen molar-refractivity contribution in [3.05, 3.63) is 71.3 Å². The average Bonchev–Trinajstić information content (AvgIpc) is 2.62. The Kier molecular flexibility index (Phi) is 6.98. The fourth-order valence-electron chi connectivity index (χ4n) is 2.42. The van der Waals surface area contributed by atoms with Crippen LogP contribution < -0.4 is 5.32 Å². The van der Waals surface area contributed by atoms with Gasteiger partial charge in [0.2, 0.25) is 0 Å². The van der Waals surface area contributed by atoms with Crippen LogP contribution in [0.4, 0.5) is 4.79 Å². The number of carbonyl (C=O) groups is 2. The molecule has 6 heteroatoms. The fourth-order valence-corrected chi connectivity index (χ4v) is 2.42. The number of carboxylic acids is 1. The van der Waals surface area contributed by atoms with Crippen LogP contribution >= 0.6 is 0 Å². The molecule has 0 unspecified atom stereocenters. The molecule has 3 N–H and O–H groups in total. The quantitative estimate of drug-likeness (QED) is 0.685. The SMILES string of the molecule is O=C(O)c1ccc(CCNC(=O)N(CCO)Cc2ccccc2)cc1. The van der Waals surface area contributed by atoms with Crippen molar-refractivity contribution in [1.82, 2.24) is 10.2 Å². The summed E-state index contributed by atoms with van der Waals surface area (Å²) in [6.07, 6.45) is 0.601. The molecule has 0 heterocycles. The number of urea groups is 1. The van der Waals surface area contributed by atoms with Gasteiger partial charge in [-0.15, -0.1) is 0 Å². The Hall–Kier alpha value is -2.86. The van der Waals surface area contributed by atoms with Crippen molar-refractivity contribution in [1.29, 1.82) is 0 Å². The van der Waals surface area contributed by atoms with Crippen LogP contribution in [0.1, 0.15) is 21.5 Å². The van der Waals surface area contributed by atoms with Gasteiger partial charge in [0.05, 0.1) is 12.2 Å². The minimum atomic E-state index is -0.958. The number of carboxylic acid groups (broad SMARTS) is 1. The Bertz CT molecular complexity index is 686. The van der Waals surface area contributed by atoms with E-state index in [0.717, 1.165) is 11.1 Å². The molecule has 2 rings (SSSR count). The fraction of sp³-hybridized carbons (Fsp3) is 0.263. The zero-order chi connectivity index (χ0) is 18.1. The highest BCUT2D eigenvalue weighted by Crippen LogP contribution is 2.06. The summed E-state index contributed by atoms with van der Waals surface area (Å²) >= 11 is 0. The largest absolute Gasteiger partial charge is 0.478 e. The van der Waals surface area contributed by atoms with E-state index in [0.29, 0.717) is 19.5 Å². The van der Waals surface area contributed by atoms with Crippen LogP contribution in [-0.4, -0.2) is 46.8 Å². The maximum atomic E-state index is 12.3. The summed E-state index contributed by atoms with van der Waals surface area (Å²) in [5.74, 6) is -0.958. The number of nitrogens with zero attached hydrogens (tertiary/aromatic N) is 1. The maximum Gasteiger partial charge on any atom is 0.335 e. The molecular formula is C19H22N2O4. The van der Waals surface area contributed by atoms with Crippen molar-refractivity contribution >= 4 is 12.0 Å². The lowest BCUT2D eigenvalue weighted by molar-refractivity contribution is 0.0697. The van der Waals surface area contributed by atoms with Gasteiger partial charge in [0, 0.05) is 19.6 Å². The van der Waals surface area contributed by atoms with Crippen molar-refractivity contribution in [3.63, 3.8) is 0 Å². The van der Waals surface area contributed by atoms with Crippen molar-refractivity contribution in [2.75, 3.05) is 19.7 Å². The lowest BCUT2D eigenvalue weighted by atomic mass is 10.1. The van der Waals surface area contributed by atoms with Gasteiger partial charge in [-0.25, -0.2) is 9.59 Å². The van der Waals surface area contributed by atoms with Gasteiger partial charge in [0.15, 0.2) is 0 Å². The van der Waals surface area contributed by atoms with Crippen LogP contribution in [0.15, 0.2) is 54.6 Å². The standard InChI is InChI=1S/C19H22N2O4/c22-13-12-21(14-16-4-2-1-3-5-16)19(25)20-11-10-15-6-8-17(9-7-15)18(23)24/h1-9,22H,10-14H2,(H,20,25)(H,23,24). The number of amides is 2. The summed E-state index contributed by atoms with van der Waals surface area (Å²) in [5.41, 5.74) is 2.18. The molecule has 2 aromatic carbocycles. The first kappa shape index (κ1) is 18.5. The molecule has 0 aromatic heterocycles. The number of hydrogen-bond donors (Lipinski definition) is 3. The first-order valence-electron chi connectivity index (χ1n) is 8.10. The van der Waals surface area contributed by atoms with E-state index in [1.165, 1.54) is 0 Å². The number of rotatable bonds is 8. The van der Waals surface area contributed by atoms with E-state index in [9.17, 15) is 9.59 Å². The monoisotopic (exact) mass is 342 g/mol. The van der Waals surface area contributed by atoms with Crippen molar-refractivity contribution in [2.45, 2.75) is 13.0 Å². The number of aliphatic hydroxyl groups is 1. The van der Waals surface area contributed by atoms with Gasteiger partial charge in [-0.1, -0.05) is 42.5 Å². The number of hydrogen-bond acceptors (Lipinski definition) is 3. The zero-order valence-corrected chi connectivity index (χ0v) is 13.9. The lowest BCUT2D eigenvalue weighted by Crippen LogP contribution is -2.41. The van der Waals surface area contributed by atoms with Crippen molar-refractivity contribution in [3.8, 4) is 0 Å². The Morgan fingerprint density at radius 3 is 2.24 bits per heavy atom. The number of nitrogens with one attached hydrogen (secondary N) is 1. The molecule has 0 saturated heterocycles. The summed E-state index contributed by atoms with van der Waals surface area (Å²) in [6.45, 7) is 1.02. The molecule has 2 amide bonds. The molecule has 0 radical (unpaired) electrons. The van der Waals surface area contributed by atoms with Gasteiger partial charge in [0.25, 0.3) is 0 Å². The second kappa shape index (κ2) is 9.44.